The molecule has 2 N–H and O–H groups in total. The zero-order chi connectivity index (χ0) is 20.8. The van der Waals surface area contributed by atoms with E-state index in [0.717, 1.165) is 24.8 Å². The van der Waals surface area contributed by atoms with E-state index >= 15 is 0 Å². The molecule has 2 aliphatic rings. The Labute approximate surface area is 178 Å². The lowest BCUT2D eigenvalue weighted by Crippen LogP contribution is -2.60. The molecule has 0 spiro atoms. The predicted molar refractivity (Wildman–Crippen MR) is 119 cm³/mol. The first-order chi connectivity index (χ1) is 14.7. The van der Waals surface area contributed by atoms with Crippen molar-refractivity contribution in [3.8, 4) is 0 Å². The maximum Gasteiger partial charge on any atom is 0.315 e. The van der Waals surface area contributed by atoms with Gasteiger partial charge in [-0.25, -0.2) is 4.79 Å². The topological polar surface area (TPSA) is 61.4 Å². The van der Waals surface area contributed by atoms with Crippen LogP contribution in [0.25, 0.3) is 5.57 Å². The molecule has 2 aromatic rings. The van der Waals surface area contributed by atoms with Crippen LogP contribution in [-0.4, -0.2) is 35.5 Å². The minimum absolute atomic E-state index is 0.0539. The molecule has 0 saturated heterocycles. The first kappa shape index (κ1) is 20.2. The number of amides is 3. The van der Waals surface area contributed by atoms with E-state index in [-0.39, 0.29) is 11.9 Å². The third-order valence-corrected chi connectivity index (χ3v) is 6.16. The molecule has 1 fully saturated rings. The zero-order valence-corrected chi connectivity index (χ0v) is 17.3. The Morgan fingerprint density at radius 1 is 0.933 bits per heavy atom. The maximum absolute atomic E-state index is 13.4. The van der Waals surface area contributed by atoms with Gasteiger partial charge in [0, 0.05) is 19.6 Å². The average molecular weight is 404 g/mol. The Balaban J connectivity index is 1.39. The molecular formula is C25H29N3O2. The summed E-state index contributed by atoms with van der Waals surface area (Å²) in [5, 5.41) is 5.94. The summed E-state index contributed by atoms with van der Waals surface area (Å²) in [7, 11) is 0. The van der Waals surface area contributed by atoms with E-state index in [1.165, 1.54) is 11.1 Å². The van der Waals surface area contributed by atoms with Gasteiger partial charge in [-0.15, -0.1) is 0 Å². The van der Waals surface area contributed by atoms with Crippen LogP contribution in [-0.2, 0) is 11.3 Å². The number of carbonyl (C=O) groups is 2. The van der Waals surface area contributed by atoms with Gasteiger partial charge in [0.1, 0.15) is 5.54 Å². The van der Waals surface area contributed by atoms with Crippen LogP contribution in [0.5, 0.6) is 0 Å². The molecule has 5 heteroatoms. The number of nitrogens with zero attached hydrogens (tertiary/aromatic N) is 1. The third kappa shape index (κ3) is 4.56. The minimum atomic E-state index is -0.779. The van der Waals surface area contributed by atoms with Crippen molar-refractivity contribution in [2.75, 3.05) is 13.1 Å². The number of urea groups is 1. The molecule has 156 valence electrons. The van der Waals surface area contributed by atoms with E-state index in [0.29, 0.717) is 32.5 Å². The van der Waals surface area contributed by atoms with E-state index in [1.807, 2.05) is 53.4 Å². The van der Waals surface area contributed by atoms with E-state index in [4.69, 9.17) is 0 Å². The first-order valence-corrected chi connectivity index (χ1v) is 10.8. The standard InChI is InChI=1S/C25H29N3O2/c29-23(28-17-13-22(14-18-28)21-11-5-2-6-12-21)25(15-7-8-16-25)27-24(30)26-19-20-9-3-1-4-10-20/h1-6,9-13H,7-8,14-19H2,(H2,26,27,30). The monoisotopic (exact) mass is 403 g/mol. The van der Waals surface area contributed by atoms with Gasteiger partial charge in [0.2, 0.25) is 5.91 Å². The van der Waals surface area contributed by atoms with E-state index in [1.54, 1.807) is 0 Å². The molecule has 1 aliphatic carbocycles. The molecule has 0 radical (unpaired) electrons. The fraction of sp³-hybridized carbons (Fsp3) is 0.360. The highest BCUT2D eigenvalue weighted by atomic mass is 16.2. The van der Waals surface area contributed by atoms with Crippen molar-refractivity contribution in [1.29, 1.82) is 0 Å². The Morgan fingerprint density at radius 3 is 2.23 bits per heavy atom. The number of carbonyl (C=O) groups excluding carboxylic acids is 2. The van der Waals surface area contributed by atoms with Crippen molar-refractivity contribution in [3.05, 3.63) is 77.9 Å². The summed E-state index contributed by atoms with van der Waals surface area (Å²) in [4.78, 5) is 27.9. The maximum atomic E-state index is 13.4. The Bertz CT molecular complexity index is 903. The molecule has 4 rings (SSSR count). The fourth-order valence-corrected chi connectivity index (χ4v) is 4.48. The quantitative estimate of drug-likeness (QED) is 0.789. The van der Waals surface area contributed by atoms with Crippen molar-refractivity contribution >= 4 is 17.5 Å². The molecular weight excluding hydrogens is 374 g/mol. The molecule has 1 heterocycles. The second kappa shape index (κ2) is 9.16. The number of rotatable bonds is 5. The van der Waals surface area contributed by atoms with Crippen LogP contribution in [0.1, 0.15) is 43.2 Å². The SMILES string of the molecule is O=C(NCc1ccccc1)NC1(C(=O)N2CC=C(c3ccccc3)CC2)CCCC1. The Hall–Kier alpha value is -3.08. The van der Waals surface area contributed by atoms with E-state index in [9.17, 15) is 9.59 Å². The minimum Gasteiger partial charge on any atom is -0.337 e. The van der Waals surface area contributed by atoms with Crippen LogP contribution in [0.2, 0.25) is 0 Å². The van der Waals surface area contributed by atoms with E-state index < -0.39 is 5.54 Å². The van der Waals surface area contributed by atoms with Crippen LogP contribution < -0.4 is 10.6 Å². The summed E-state index contributed by atoms with van der Waals surface area (Å²) in [6, 6.07) is 19.8. The van der Waals surface area contributed by atoms with Crippen LogP contribution in [0.3, 0.4) is 0 Å². The number of nitrogens with one attached hydrogen (secondary N) is 2. The van der Waals surface area contributed by atoms with Gasteiger partial charge >= 0.3 is 6.03 Å². The third-order valence-electron chi connectivity index (χ3n) is 6.16. The summed E-state index contributed by atoms with van der Waals surface area (Å²) in [6.45, 7) is 1.73. The highest BCUT2D eigenvalue weighted by molar-refractivity contribution is 5.92. The zero-order valence-electron chi connectivity index (χ0n) is 17.3. The molecule has 30 heavy (non-hydrogen) atoms. The molecule has 0 atom stereocenters. The van der Waals surface area contributed by atoms with E-state index in [2.05, 4.69) is 28.8 Å². The second-order valence-electron chi connectivity index (χ2n) is 8.18. The summed E-state index contributed by atoms with van der Waals surface area (Å²) < 4.78 is 0. The molecule has 5 nitrogen and oxygen atoms in total. The Kier molecular flexibility index (Phi) is 6.17. The molecule has 0 aromatic heterocycles. The van der Waals surface area contributed by atoms with Gasteiger partial charge in [-0.05, 0) is 36.0 Å². The number of hydrogen-bond acceptors (Lipinski definition) is 2. The van der Waals surface area contributed by atoms with Gasteiger partial charge in [0.05, 0.1) is 0 Å². The fourth-order valence-electron chi connectivity index (χ4n) is 4.48. The molecule has 1 saturated carbocycles. The van der Waals surface area contributed by atoms with Gasteiger partial charge in [-0.2, -0.15) is 0 Å². The van der Waals surface area contributed by atoms with Crippen molar-refractivity contribution in [2.24, 2.45) is 0 Å². The highest BCUT2D eigenvalue weighted by Crippen LogP contribution is 2.33. The van der Waals surface area contributed by atoms with Crippen LogP contribution in [0.15, 0.2) is 66.7 Å². The predicted octanol–water partition coefficient (Wildman–Crippen LogP) is 4.11. The van der Waals surface area contributed by atoms with Crippen molar-refractivity contribution < 1.29 is 9.59 Å². The van der Waals surface area contributed by atoms with Gasteiger partial charge < -0.3 is 15.5 Å². The van der Waals surface area contributed by atoms with Gasteiger partial charge in [-0.3, -0.25) is 4.79 Å². The van der Waals surface area contributed by atoms with Gasteiger partial charge in [-0.1, -0.05) is 79.6 Å². The summed E-state index contributed by atoms with van der Waals surface area (Å²) in [5.41, 5.74) is 2.76. The lowest BCUT2D eigenvalue weighted by molar-refractivity contribution is -0.137. The number of benzene rings is 2. The van der Waals surface area contributed by atoms with Gasteiger partial charge in [0.25, 0.3) is 0 Å². The van der Waals surface area contributed by atoms with Crippen LogP contribution >= 0.6 is 0 Å². The lowest BCUT2D eigenvalue weighted by Gasteiger charge is -2.36. The summed E-state index contributed by atoms with van der Waals surface area (Å²) >= 11 is 0. The molecule has 0 unspecified atom stereocenters. The highest BCUT2D eigenvalue weighted by Gasteiger charge is 2.44. The van der Waals surface area contributed by atoms with Crippen molar-refractivity contribution in [2.45, 2.75) is 44.2 Å². The smallest absolute Gasteiger partial charge is 0.315 e. The average Bonchev–Trinajstić information content (AvgIpc) is 3.28. The van der Waals surface area contributed by atoms with Crippen LogP contribution in [0.4, 0.5) is 4.79 Å². The molecule has 3 amide bonds. The van der Waals surface area contributed by atoms with Crippen molar-refractivity contribution in [3.63, 3.8) is 0 Å². The normalized spacial score (nSPS) is 17.9. The largest absolute Gasteiger partial charge is 0.337 e. The second-order valence-corrected chi connectivity index (χ2v) is 8.18. The molecule has 0 bridgehead atoms. The van der Waals surface area contributed by atoms with Crippen molar-refractivity contribution in [1.82, 2.24) is 15.5 Å². The molecule has 1 aliphatic heterocycles. The molecule has 2 aromatic carbocycles. The Morgan fingerprint density at radius 2 is 1.60 bits per heavy atom. The number of hydrogen-bond donors (Lipinski definition) is 2. The summed E-state index contributed by atoms with van der Waals surface area (Å²) in [6.07, 6.45) is 6.32. The summed E-state index contributed by atoms with van der Waals surface area (Å²) in [5.74, 6) is 0.0539. The lowest BCUT2D eigenvalue weighted by atomic mass is 9.93. The first-order valence-electron chi connectivity index (χ1n) is 10.8. The van der Waals surface area contributed by atoms with Gasteiger partial charge in [0.15, 0.2) is 0 Å². The van der Waals surface area contributed by atoms with Crippen LogP contribution in [0, 0.1) is 0 Å².